The number of ether oxygens (including phenoxy) is 1. The van der Waals surface area contributed by atoms with Gasteiger partial charge in [0, 0.05) is 26.2 Å². The van der Waals surface area contributed by atoms with Gasteiger partial charge in [-0.05, 0) is 36.8 Å². The number of fused-ring (bicyclic) bond motifs is 2. The highest BCUT2D eigenvalue weighted by Crippen LogP contribution is 2.30. The van der Waals surface area contributed by atoms with E-state index in [1.807, 2.05) is 0 Å². The lowest BCUT2D eigenvalue weighted by molar-refractivity contribution is 0.0376. The van der Waals surface area contributed by atoms with E-state index in [1.54, 1.807) is 30.3 Å². The zero-order valence-electron chi connectivity index (χ0n) is 17.8. The fourth-order valence-electron chi connectivity index (χ4n) is 3.93. The van der Waals surface area contributed by atoms with Gasteiger partial charge in [0.05, 0.1) is 28.8 Å². The van der Waals surface area contributed by atoms with E-state index in [0.717, 1.165) is 19.6 Å². The Labute approximate surface area is 193 Å². The predicted molar refractivity (Wildman–Crippen MR) is 126 cm³/mol. The van der Waals surface area contributed by atoms with Crippen molar-refractivity contribution in [3.8, 4) is 0 Å². The van der Waals surface area contributed by atoms with Crippen molar-refractivity contribution in [1.29, 1.82) is 0 Å². The molecule has 170 valence electrons. The van der Waals surface area contributed by atoms with E-state index in [1.165, 1.54) is 34.6 Å². The van der Waals surface area contributed by atoms with Gasteiger partial charge in [0.15, 0.2) is 5.13 Å². The fraction of sp³-hybridized carbons (Fsp3) is 0.292. The fourth-order valence-corrected chi connectivity index (χ4v) is 4.95. The highest BCUT2D eigenvalue weighted by atomic mass is 32.1. The maximum absolute atomic E-state index is 13.7. The van der Waals surface area contributed by atoms with Gasteiger partial charge in [-0.25, -0.2) is 9.37 Å². The molecule has 0 unspecified atom stereocenters. The van der Waals surface area contributed by atoms with E-state index in [0.29, 0.717) is 52.5 Å². The molecule has 2 aromatic heterocycles. The number of thiazole rings is 1. The van der Waals surface area contributed by atoms with Crippen LogP contribution in [0.25, 0.3) is 21.2 Å². The highest BCUT2D eigenvalue weighted by Gasteiger charge is 2.25. The van der Waals surface area contributed by atoms with Gasteiger partial charge in [0.1, 0.15) is 23.2 Å². The van der Waals surface area contributed by atoms with Crippen molar-refractivity contribution < 1.29 is 18.3 Å². The number of carbonyl (C=O) groups is 1. The quantitative estimate of drug-likeness (QED) is 0.428. The molecule has 2 aromatic carbocycles. The summed E-state index contributed by atoms with van der Waals surface area (Å²) in [6.07, 6.45) is 1.91. The minimum atomic E-state index is -0.476. The standard InChI is InChI=1S/C24H22FN3O4S/c25-16-6-7-19-21(14-16)33-24(26-19)28(9-3-8-27-10-12-31-13-11-27)23(30)18-15-32-20-5-2-1-4-17(20)22(18)29/h1-2,4-7,14-15H,3,8-13H2. The third-order valence-electron chi connectivity index (χ3n) is 5.69. The smallest absolute Gasteiger partial charge is 0.267 e. The van der Waals surface area contributed by atoms with E-state index in [4.69, 9.17) is 9.15 Å². The van der Waals surface area contributed by atoms with Crippen molar-refractivity contribution >= 4 is 43.6 Å². The van der Waals surface area contributed by atoms with Crippen molar-refractivity contribution in [1.82, 2.24) is 9.88 Å². The van der Waals surface area contributed by atoms with Gasteiger partial charge in [-0.1, -0.05) is 23.5 Å². The van der Waals surface area contributed by atoms with Crippen molar-refractivity contribution in [2.24, 2.45) is 0 Å². The summed E-state index contributed by atoms with van der Waals surface area (Å²) >= 11 is 1.23. The maximum atomic E-state index is 13.7. The number of rotatable bonds is 6. The minimum absolute atomic E-state index is 0.0505. The minimum Gasteiger partial charge on any atom is -0.463 e. The molecule has 1 aliphatic heterocycles. The van der Waals surface area contributed by atoms with Crippen molar-refractivity contribution in [3.63, 3.8) is 0 Å². The first kappa shape index (κ1) is 21.7. The molecule has 1 amide bonds. The lowest BCUT2D eigenvalue weighted by Gasteiger charge is -2.27. The highest BCUT2D eigenvalue weighted by molar-refractivity contribution is 7.22. The van der Waals surface area contributed by atoms with Crippen LogP contribution >= 0.6 is 11.3 Å². The molecule has 5 rings (SSSR count). The summed E-state index contributed by atoms with van der Waals surface area (Å²) in [6.45, 7) is 4.25. The molecule has 33 heavy (non-hydrogen) atoms. The molecular weight excluding hydrogens is 445 g/mol. The van der Waals surface area contributed by atoms with Crippen molar-refractivity contribution in [3.05, 3.63) is 70.3 Å². The number of hydrogen-bond acceptors (Lipinski definition) is 7. The summed E-state index contributed by atoms with van der Waals surface area (Å²) in [5, 5.41) is 0.776. The zero-order valence-corrected chi connectivity index (χ0v) is 18.6. The number of anilines is 1. The number of morpholine rings is 1. The lowest BCUT2D eigenvalue weighted by Crippen LogP contribution is -2.40. The number of hydrogen-bond donors (Lipinski definition) is 0. The average molecular weight is 468 g/mol. The Hall–Kier alpha value is -3.14. The van der Waals surface area contributed by atoms with Crippen LogP contribution in [0.2, 0.25) is 0 Å². The van der Waals surface area contributed by atoms with E-state index >= 15 is 0 Å². The summed E-state index contributed by atoms with van der Waals surface area (Å²) in [6, 6.07) is 11.2. The van der Waals surface area contributed by atoms with Gasteiger partial charge in [0.25, 0.3) is 5.91 Å². The molecule has 0 aliphatic carbocycles. The predicted octanol–water partition coefficient (Wildman–Crippen LogP) is 3.91. The Kier molecular flexibility index (Phi) is 6.17. The van der Waals surface area contributed by atoms with Crippen molar-refractivity contribution in [2.75, 3.05) is 44.3 Å². The molecule has 3 heterocycles. The molecular formula is C24H22FN3O4S. The Morgan fingerprint density at radius 2 is 2.00 bits per heavy atom. The van der Waals surface area contributed by atoms with Crippen LogP contribution in [-0.4, -0.2) is 55.2 Å². The number of amides is 1. The van der Waals surface area contributed by atoms with Gasteiger partial charge in [-0.2, -0.15) is 0 Å². The second-order valence-corrected chi connectivity index (χ2v) is 8.86. The van der Waals surface area contributed by atoms with Crippen LogP contribution in [0.3, 0.4) is 0 Å². The number of aromatic nitrogens is 1. The lowest BCUT2D eigenvalue weighted by atomic mass is 10.1. The average Bonchev–Trinajstić information content (AvgIpc) is 3.25. The van der Waals surface area contributed by atoms with Crippen LogP contribution in [0.4, 0.5) is 9.52 Å². The molecule has 1 fully saturated rings. The third kappa shape index (κ3) is 4.52. The number of nitrogens with zero attached hydrogens (tertiary/aromatic N) is 3. The first-order valence-electron chi connectivity index (χ1n) is 10.8. The van der Waals surface area contributed by atoms with Crippen LogP contribution in [0.5, 0.6) is 0 Å². The first-order chi connectivity index (χ1) is 16.1. The van der Waals surface area contributed by atoms with E-state index in [2.05, 4.69) is 9.88 Å². The monoisotopic (exact) mass is 467 g/mol. The van der Waals surface area contributed by atoms with Gasteiger partial charge < -0.3 is 9.15 Å². The normalized spacial score (nSPS) is 14.7. The molecule has 4 aromatic rings. The van der Waals surface area contributed by atoms with Gasteiger partial charge in [-0.3, -0.25) is 19.4 Å². The van der Waals surface area contributed by atoms with Gasteiger partial charge >= 0.3 is 0 Å². The van der Waals surface area contributed by atoms with Crippen LogP contribution in [0.1, 0.15) is 16.8 Å². The van der Waals surface area contributed by atoms with Crippen molar-refractivity contribution in [2.45, 2.75) is 6.42 Å². The second kappa shape index (κ2) is 9.38. The number of carbonyl (C=O) groups excluding carboxylic acids is 1. The Balaban J connectivity index is 1.47. The van der Waals surface area contributed by atoms with Crippen LogP contribution in [0.15, 0.2) is 57.9 Å². The third-order valence-corrected chi connectivity index (χ3v) is 6.73. The molecule has 7 nitrogen and oxygen atoms in total. The summed E-state index contributed by atoms with van der Waals surface area (Å²) in [5.74, 6) is -0.839. The first-order valence-corrected chi connectivity index (χ1v) is 11.6. The SMILES string of the molecule is O=C(c1coc2ccccc2c1=O)N(CCCN1CCOCC1)c1nc2ccc(F)cc2s1. The molecule has 0 atom stereocenters. The second-order valence-electron chi connectivity index (χ2n) is 7.85. The summed E-state index contributed by atoms with van der Waals surface area (Å²) in [4.78, 5) is 34.9. The molecule has 0 radical (unpaired) electrons. The van der Waals surface area contributed by atoms with Gasteiger partial charge in [0.2, 0.25) is 5.43 Å². The number of halogens is 1. The summed E-state index contributed by atoms with van der Waals surface area (Å²) < 4.78 is 25.3. The molecule has 0 bridgehead atoms. The molecule has 0 N–H and O–H groups in total. The Morgan fingerprint density at radius 3 is 2.85 bits per heavy atom. The Bertz CT molecular complexity index is 1360. The molecule has 1 saturated heterocycles. The summed E-state index contributed by atoms with van der Waals surface area (Å²) in [7, 11) is 0. The molecule has 1 aliphatic rings. The van der Waals surface area contributed by atoms with Crippen LogP contribution in [0, 0.1) is 5.82 Å². The molecule has 9 heteroatoms. The maximum Gasteiger partial charge on any atom is 0.267 e. The van der Waals surface area contributed by atoms with Crippen LogP contribution < -0.4 is 10.3 Å². The number of para-hydroxylation sites is 1. The molecule has 0 spiro atoms. The largest absolute Gasteiger partial charge is 0.463 e. The van der Waals surface area contributed by atoms with E-state index in [9.17, 15) is 14.0 Å². The number of benzene rings is 2. The van der Waals surface area contributed by atoms with E-state index in [-0.39, 0.29) is 16.8 Å². The Morgan fingerprint density at radius 1 is 1.18 bits per heavy atom. The zero-order chi connectivity index (χ0) is 22.8. The van der Waals surface area contributed by atoms with Gasteiger partial charge in [-0.15, -0.1) is 0 Å². The molecule has 0 saturated carbocycles. The summed E-state index contributed by atoms with van der Waals surface area (Å²) in [5.41, 5.74) is 0.596. The van der Waals surface area contributed by atoms with Crippen LogP contribution in [-0.2, 0) is 4.74 Å². The van der Waals surface area contributed by atoms with E-state index < -0.39 is 5.91 Å². The topological polar surface area (TPSA) is 75.9 Å².